The van der Waals surface area contributed by atoms with Crippen LogP contribution in [-0.4, -0.2) is 34.3 Å². The van der Waals surface area contributed by atoms with Crippen LogP contribution in [0, 0.1) is 12.8 Å². The quantitative estimate of drug-likeness (QED) is 0.771. The minimum atomic E-state index is 0.112. The molecule has 1 amide bonds. The third-order valence-corrected chi connectivity index (χ3v) is 3.98. The Morgan fingerprint density at radius 1 is 1.50 bits per heavy atom. The number of carbonyl (C=O) groups is 1. The molecule has 18 heavy (non-hydrogen) atoms. The van der Waals surface area contributed by atoms with Gasteiger partial charge in [-0.15, -0.1) is 11.6 Å². The number of nitrogens with zero attached hydrogens (tertiary/aromatic N) is 2. The molecule has 1 aromatic heterocycles. The minimum Gasteiger partial charge on any atom is -0.339 e. The number of aromatic nitrogens is 1. The Morgan fingerprint density at radius 3 is 2.72 bits per heavy atom. The number of alkyl halides is 1. The van der Waals surface area contributed by atoms with Gasteiger partial charge in [0.2, 0.25) is 0 Å². The van der Waals surface area contributed by atoms with Crippen LogP contribution in [0.5, 0.6) is 0 Å². The van der Waals surface area contributed by atoms with Crippen molar-refractivity contribution < 1.29 is 4.79 Å². The summed E-state index contributed by atoms with van der Waals surface area (Å²) in [5.41, 5.74) is 1.62. The topological polar surface area (TPSA) is 33.2 Å². The maximum Gasteiger partial charge on any atom is 0.253 e. The fourth-order valence-corrected chi connectivity index (χ4v) is 2.68. The molecule has 98 valence electrons. The maximum absolute atomic E-state index is 12.3. The average molecular weight is 267 g/mol. The number of piperidine rings is 1. The van der Waals surface area contributed by atoms with Gasteiger partial charge in [-0.1, -0.05) is 0 Å². The number of likely N-dealkylation sites (tertiary alicyclic amines) is 1. The lowest BCUT2D eigenvalue weighted by Gasteiger charge is -2.33. The number of amides is 1. The van der Waals surface area contributed by atoms with Gasteiger partial charge in [0.25, 0.3) is 5.91 Å². The summed E-state index contributed by atoms with van der Waals surface area (Å²) in [6, 6.07) is 3.63. The van der Waals surface area contributed by atoms with E-state index >= 15 is 0 Å². The second kappa shape index (κ2) is 5.70. The lowest BCUT2D eigenvalue weighted by Crippen LogP contribution is -2.40. The Balaban J connectivity index is 1.99. The van der Waals surface area contributed by atoms with Crippen LogP contribution >= 0.6 is 11.6 Å². The number of rotatable bonds is 2. The summed E-state index contributed by atoms with van der Waals surface area (Å²) < 4.78 is 0. The van der Waals surface area contributed by atoms with Gasteiger partial charge in [0.15, 0.2) is 0 Å². The van der Waals surface area contributed by atoms with Crippen LogP contribution in [0.1, 0.15) is 35.8 Å². The molecule has 0 aromatic carbocycles. The summed E-state index contributed by atoms with van der Waals surface area (Å²) in [7, 11) is 0. The van der Waals surface area contributed by atoms with Crippen molar-refractivity contribution in [2.24, 2.45) is 5.92 Å². The van der Waals surface area contributed by atoms with Gasteiger partial charge in [-0.25, -0.2) is 0 Å². The van der Waals surface area contributed by atoms with E-state index in [-0.39, 0.29) is 11.3 Å². The molecule has 2 rings (SSSR count). The number of carbonyl (C=O) groups excluding carboxylic acids is 1. The summed E-state index contributed by atoms with van der Waals surface area (Å²) in [6.45, 7) is 5.55. The molecular weight excluding hydrogens is 248 g/mol. The van der Waals surface area contributed by atoms with Gasteiger partial charge in [0.05, 0.1) is 0 Å². The highest BCUT2D eigenvalue weighted by Crippen LogP contribution is 2.24. The molecular formula is C14H19ClN2O. The third-order valence-electron chi connectivity index (χ3n) is 3.62. The van der Waals surface area contributed by atoms with Crippen LogP contribution in [0.25, 0.3) is 0 Å². The number of halogens is 1. The lowest BCUT2D eigenvalue weighted by molar-refractivity contribution is 0.0690. The van der Waals surface area contributed by atoms with Crippen molar-refractivity contribution in [1.29, 1.82) is 0 Å². The predicted molar refractivity (Wildman–Crippen MR) is 72.9 cm³/mol. The zero-order valence-electron chi connectivity index (χ0n) is 10.9. The predicted octanol–water partition coefficient (Wildman–Crippen LogP) is 2.87. The Hall–Kier alpha value is -1.09. The van der Waals surface area contributed by atoms with Crippen molar-refractivity contribution in [3.8, 4) is 0 Å². The van der Waals surface area contributed by atoms with E-state index in [1.807, 2.05) is 24.8 Å². The molecule has 1 fully saturated rings. The van der Waals surface area contributed by atoms with Crippen molar-refractivity contribution in [2.75, 3.05) is 13.1 Å². The molecule has 1 aliphatic rings. The summed E-state index contributed by atoms with van der Waals surface area (Å²) in [4.78, 5) is 18.3. The highest BCUT2D eigenvalue weighted by molar-refractivity contribution is 6.20. The largest absolute Gasteiger partial charge is 0.339 e. The van der Waals surface area contributed by atoms with Gasteiger partial charge in [0, 0.05) is 35.9 Å². The molecule has 1 aliphatic heterocycles. The van der Waals surface area contributed by atoms with Crippen molar-refractivity contribution in [3.05, 3.63) is 29.6 Å². The normalized spacial score (nSPS) is 18.7. The molecule has 1 unspecified atom stereocenters. The molecule has 0 aliphatic carbocycles. The summed E-state index contributed by atoms with van der Waals surface area (Å²) in [6.07, 6.45) is 3.69. The fraction of sp³-hybridized carbons (Fsp3) is 0.571. The van der Waals surface area contributed by atoms with Gasteiger partial charge in [-0.2, -0.15) is 0 Å². The first-order valence-electron chi connectivity index (χ1n) is 6.44. The Kier molecular flexibility index (Phi) is 4.23. The first-order chi connectivity index (χ1) is 8.58. The summed E-state index contributed by atoms with van der Waals surface area (Å²) in [5, 5.41) is 0.199. The Labute approximate surface area is 113 Å². The zero-order chi connectivity index (χ0) is 13.1. The standard InChI is InChI=1S/C14H19ClN2O/c1-10-9-13(3-6-16-10)14(18)17-7-4-12(5-8-17)11(2)15/h3,6,9,11-12H,4-5,7-8H2,1-2H3. The van der Waals surface area contributed by atoms with Crippen molar-refractivity contribution >= 4 is 17.5 Å². The van der Waals surface area contributed by atoms with Crippen LogP contribution in [-0.2, 0) is 0 Å². The molecule has 0 N–H and O–H groups in total. The zero-order valence-corrected chi connectivity index (χ0v) is 11.7. The van der Waals surface area contributed by atoms with Gasteiger partial charge >= 0.3 is 0 Å². The molecule has 1 atom stereocenters. The van der Waals surface area contributed by atoms with Crippen LogP contribution in [0.2, 0.25) is 0 Å². The van der Waals surface area contributed by atoms with Crippen molar-refractivity contribution in [1.82, 2.24) is 9.88 Å². The maximum atomic E-state index is 12.3. The van der Waals surface area contributed by atoms with Gasteiger partial charge in [0.1, 0.15) is 0 Å². The molecule has 0 bridgehead atoms. The molecule has 4 heteroatoms. The number of aryl methyl sites for hydroxylation is 1. The molecule has 0 spiro atoms. The first-order valence-corrected chi connectivity index (χ1v) is 6.87. The highest BCUT2D eigenvalue weighted by Gasteiger charge is 2.25. The molecule has 0 radical (unpaired) electrons. The van der Waals surface area contributed by atoms with Crippen molar-refractivity contribution in [3.63, 3.8) is 0 Å². The van der Waals surface area contributed by atoms with E-state index in [0.717, 1.165) is 37.2 Å². The number of pyridine rings is 1. The summed E-state index contributed by atoms with van der Waals surface area (Å²) >= 11 is 6.11. The second-order valence-electron chi connectivity index (χ2n) is 4.99. The second-order valence-corrected chi connectivity index (χ2v) is 5.68. The number of hydrogen-bond donors (Lipinski definition) is 0. The Bertz CT molecular complexity index is 426. The molecule has 3 nitrogen and oxygen atoms in total. The monoisotopic (exact) mass is 266 g/mol. The van der Waals surface area contributed by atoms with E-state index in [9.17, 15) is 4.79 Å². The van der Waals surface area contributed by atoms with E-state index < -0.39 is 0 Å². The molecule has 1 saturated heterocycles. The molecule has 1 aromatic rings. The van der Waals surface area contributed by atoms with Gasteiger partial charge < -0.3 is 4.90 Å². The average Bonchev–Trinajstić information content (AvgIpc) is 2.38. The third kappa shape index (κ3) is 3.02. The van der Waals surface area contributed by atoms with Crippen LogP contribution < -0.4 is 0 Å². The smallest absolute Gasteiger partial charge is 0.253 e. The van der Waals surface area contributed by atoms with Crippen molar-refractivity contribution in [2.45, 2.75) is 32.1 Å². The lowest BCUT2D eigenvalue weighted by atomic mass is 9.93. The van der Waals surface area contributed by atoms with E-state index in [0.29, 0.717) is 5.92 Å². The fourth-order valence-electron chi connectivity index (χ4n) is 2.42. The van der Waals surface area contributed by atoms with Crippen LogP contribution in [0.4, 0.5) is 0 Å². The van der Waals surface area contributed by atoms with E-state index in [1.165, 1.54) is 0 Å². The highest BCUT2D eigenvalue weighted by atomic mass is 35.5. The van der Waals surface area contributed by atoms with Gasteiger partial charge in [-0.3, -0.25) is 9.78 Å². The Morgan fingerprint density at radius 2 is 2.17 bits per heavy atom. The number of hydrogen-bond acceptors (Lipinski definition) is 2. The molecule has 2 heterocycles. The van der Waals surface area contributed by atoms with Crippen LogP contribution in [0.15, 0.2) is 18.3 Å². The van der Waals surface area contributed by atoms with Crippen LogP contribution in [0.3, 0.4) is 0 Å². The van der Waals surface area contributed by atoms with Gasteiger partial charge in [-0.05, 0) is 44.7 Å². The van der Waals surface area contributed by atoms with E-state index in [4.69, 9.17) is 11.6 Å². The minimum absolute atomic E-state index is 0.112. The first kappa shape index (κ1) is 13.3. The summed E-state index contributed by atoms with van der Waals surface area (Å²) in [5.74, 6) is 0.649. The van der Waals surface area contributed by atoms with E-state index in [1.54, 1.807) is 12.3 Å². The SMILES string of the molecule is Cc1cc(C(=O)N2CCC(C(C)Cl)CC2)ccn1. The molecule has 0 saturated carbocycles. The van der Waals surface area contributed by atoms with E-state index in [2.05, 4.69) is 4.98 Å².